The number of nitrogens with two attached hydrogens (primary N) is 1. The summed E-state index contributed by atoms with van der Waals surface area (Å²) >= 11 is 0. The minimum atomic E-state index is -0.460. The lowest BCUT2D eigenvalue weighted by atomic mass is 9.92. The lowest BCUT2D eigenvalue weighted by Gasteiger charge is -2.14. The van der Waals surface area contributed by atoms with Crippen molar-refractivity contribution in [1.29, 1.82) is 0 Å². The molecule has 1 amide bonds. The SMILES string of the molecule is CC(C)(C)c1cc(Nc2ccccc2C(N)=O)n(Cc2ccccc2)n1. The van der Waals surface area contributed by atoms with E-state index in [0.29, 0.717) is 17.8 Å². The molecule has 0 unspecified atom stereocenters. The Bertz CT molecular complexity index is 907. The minimum absolute atomic E-state index is 0.0818. The van der Waals surface area contributed by atoms with Crippen LogP contribution in [0.1, 0.15) is 42.4 Å². The van der Waals surface area contributed by atoms with Gasteiger partial charge in [-0.25, -0.2) is 4.68 Å². The van der Waals surface area contributed by atoms with Gasteiger partial charge in [0.25, 0.3) is 5.91 Å². The van der Waals surface area contributed by atoms with Crippen molar-refractivity contribution >= 4 is 17.4 Å². The van der Waals surface area contributed by atoms with Crippen molar-refractivity contribution in [3.63, 3.8) is 0 Å². The van der Waals surface area contributed by atoms with E-state index in [9.17, 15) is 4.79 Å². The number of carbonyl (C=O) groups excluding carboxylic acids is 1. The van der Waals surface area contributed by atoms with Crippen molar-refractivity contribution in [3.05, 3.63) is 77.5 Å². The zero-order valence-corrected chi connectivity index (χ0v) is 15.4. The number of nitrogens with one attached hydrogen (secondary N) is 1. The predicted octanol–water partition coefficient (Wildman–Crippen LogP) is 4.07. The second-order valence-electron chi connectivity index (χ2n) is 7.34. The van der Waals surface area contributed by atoms with Gasteiger partial charge in [-0.2, -0.15) is 5.10 Å². The number of aromatic nitrogens is 2. The smallest absolute Gasteiger partial charge is 0.250 e. The molecular weight excluding hydrogens is 324 g/mol. The topological polar surface area (TPSA) is 72.9 Å². The van der Waals surface area contributed by atoms with Crippen molar-refractivity contribution in [2.75, 3.05) is 5.32 Å². The number of amides is 1. The summed E-state index contributed by atoms with van der Waals surface area (Å²) in [5, 5.41) is 8.12. The van der Waals surface area contributed by atoms with E-state index in [1.165, 1.54) is 0 Å². The van der Waals surface area contributed by atoms with Gasteiger partial charge in [0, 0.05) is 11.5 Å². The zero-order valence-electron chi connectivity index (χ0n) is 15.4. The molecule has 0 aliphatic heterocycles. The molecule has 3 aromatic rings. The summed E-state index contributed by atoms with van der Waals surface area (Å²) in [4.78, 5) is 11.7. The Morgan fingerprint density at radius 1 is 1.08 bits per heavy atom. The molecule has 0 fully saturated rings. The quantitative estimate of drug-likeness (QED) is 0.730. The highest BCUT2D eigenvalue weighted by molar-refractivity contribution is 5.99. The number of carbonyl (C=O) groups is 1. The summed E-state index contributed by atoms with van der Waals surface area (Å²) in [6.07, 6.45) is 0. The molecule has 3 N–H and O–H groups in total. The fraction of sp³-hybridized carbons (Fsp3) is 0.238. The van der Waals surface area contributed by atoms with Crippen LogP contribution < -0.4 is 11.1 Å². The Morgan fingerprint density at radius 2 is 1.73 bits per heavy atom. The first-order chi connectivity index (χ1) is 12.3. The molecule has 134 valence electrons. The number of hydrogen-bond acceptors (Lipinski definition) is 3. The molecule has 3 rings (SSSR count). The first-order valence-corrected chi connectivity index (χ1v) is 8.63. The first kappa shape index (κ1) is 17.7. The average Bonchev–Trinajstić information content (AvgIpc) is 2.99. The number of primary amides is 1. The second kappa shape index (κ2) is 7.04. The van der Waals surface area contributed by atoms with Gasteiger partial charge in [-0.3, -0.25) is 4.79 Å². The Balaban J connectivity index is 2.00. The van der Waals surface area contributed by atoms with E-state index >= 15 is 0 Å². The molecule has 26 heavy (non-hydrogen) atoms. The molecule has 0 spiro atoms. The van der Waals surface area contributed by atoms with Crippen molar-refractivity contribution in [2.45, 2.75) is 32.7 Å². The van der Waals surface area contributed by atoms with E-state index in [1.807, 2.05) is 41.1 Å². The van der Waals surface area contributed by atoms with Crippen LogP contribution in [0.3, 0.4) is 0 Å². The van der Waals surface area contributed by atoms with Gasteiger partial charge in [0.15, 0.2) is 0 Å². The molecule has 0 saturated heterocycles. The van der Waals surface area contributed by atoms with Gasteiger partial charge in [0.1, 0.15) is 5.82 Å². The van der Waals surface area contributed by atoms with Crippen LogP contribution in [0.4, 0.5) is 11.5 Å². The van der Waals surface area contributed by atoms with Crippen molar-refractivity contribution in [1.82, 2.24) is 9.78 Å². The van der Waals surface area contributed by atoms with Crippen LogP contribution in [0.25, 0.3) is 0 Å². The second-order valence-corrected chi connectivity index (χ2v) is 7.34. The normalized spacial score (nSPS) is 11.3. The molecule has 0 saturated carbocycles. The minimum Gasteiger partial charge on any atom is -0.366 e. The molecule has 1 aromatic heterocycles. The highest BCUT2D eigenvalue weighted by Crippen LogP contribution is 2.27. The van der Waals surface area contributed by atoms with Gasteiger partial charge in [0.05, 0.1) is 23.5 Å². The molecule has 2 aromatic carbocycles. The summed E-state index contributed by atoms with van der Waals surface area (Å²) in [5.74, 6) is 0.366. The van der Waals surface area contributed by atoms with Crippen molar-refractivity contribution < 1.29 is 4.79 Å². The maximum Gasteiger partial charge on any atom is 0.250 e. The zero-order chi connectivity index (χ0) is 18.7. The lowest BCUT2D eigenvalue weighted by molar-refractivity contribution is 0.100. The average molecular weight is 348 g/mol. The van der Waals surface area contributed by atoms with E-state index in [-0.39, 0.29) is 5.41 Å². The van der Waals surface area contributed by atoms with Gasteiger partial charge < -0.3 is 11.1 Å². The van der Waals surface area contributed by atoms with E-state index in [0.717, 1.165) is 17.1 Å². The lowest BCUT2D eigenvalue weighted by Crippen LogP contribution is -2.14. The van der Waals surface area contributed by atoms with Crippen LogP contribution in [0, 0.1) is 0 Å². The highest BCUT2D eigenvalue weighted by atomic mass is 16.1. The molecule has 0 bridgehead atoms. The van der Waals surface area contributed by atoms with Gasteiger partial charge in [0.2, 0.25) is 0 Å². The number of para-hydroxylation sites is 1. The number of rotatable bonds is 5. The predicted molar refractivity (Wildman–Crippen MR) is 105 cm³/mol. The van der Waals surface area contributed by atoms with Crippen LogP contribution in [-0.2, 0) is 12.0 Å². The van der Waals surface area contributed by atoms with Gasteiger partial charge in [-0.1, -0.05) is 63.2 Å². The van der Waals surface area contributed by atoms with Crippen LogP contribution >= 0.6 is 0 Å². The molecular formula is C21H24N4O. The number of benzene rings is 2. The van der Waals surface area contributed by atoms with Crippen LogP contribution in [-0.4, -0.2) is 15.7 Å². The van der Waals surface area contributed by atoms with Gasteiger partial charge in [-0.15, -0.1) is 0 Å². The molecule has 0 radical (unpaired) electrons. The molecule has 5 heteroatoms. The largest absolute Gasteiger partial charge is 0.366 e. The number of nitrogens with zero attached hydrogens (tertiary/aromatic N) is 2. The molecule has 5 nitrogen and oxygen atoms in total. The Morgan fingerprint density at radius 3 is 2.38 bits per heavy atom. The van der Waals surface area contributed by atoms with Crippen LogP contribution in [0.15, 0.2) is 60.7 Å². The fourth-order valence-corrected chi connectivity index (χ4v) is 2.71. The maximum absolute atomic E-state index is 11.7. The first-order valence-electron chi connectivity index (χ1n) is 8.63. The molecule has 0 aliphatic rings. The summed E-state index contributed by atoms with van der Waals surface area (Å²) < 4.78 is 1.92. The monoisotopic (exact) mass is 348 g/mol. The summed E-state index contributed by atoms with van der Waals surface area (Å²) in [5.41, 5.74) is 8.69. The van der Waals surface area contributed by atoms with Gasteiger partial charge in [-0.05, 0) is 17.7 Å². The van der Waals surface area contributed by atoms with E-state index < -0.39 is 5.91 Å². The third-order valence-corrected chi connectivity index (χ3v) is 4.18. The number of hydrogen-bond donors (Lipinski definition) is 2. The summed E-state index contributed by atoms with van der Waals surface area (Å²) in [6, 6.07) is 19.4. The Kier molecular flexibility index (Phi) is 4.80. The third-order valence-electron chi connectivity index (χ3n) is 4.18. The maximum atomic E-state index is 11.7. The highest BCUT2D eigenvalue weighted by Gasteiger charge is 2.20. The standard InChI is InChI=1S/C21H24N4O/c1-21(2,3)18-13-19(23-17-12-8-7-11-16(17)20(22)26)25(24-18)14-15-9-5-4-6-10-15/h4-13,23H,14H2,1-3H3,(H2,22,26). The summed E-state index contributed by atoms with van der Waals surface area (Å²) in [7, 11) is 0. The Hall–Kier alpha value is -3.08. The number of anilines is 2. The fourth-order valence-electron chi connectivity index (χ4n) is 2.71. The van der Waals surface area contributed by atoms with Crippen molar-refractivity contribution in [2.24, 2.45) is 5.73 Å². The van der Waals surface area contributed by atoms with E-state index in [2.05, 4.69) is 38.2 Å². The third kappa shape index (κ3) is 3.94. The van der Waals surface area contributed by atoms with E-state index in [1.54, 1.807) is 12.1 Å². The molecule has 0 atom stereocenters. The van der Waals surface area contributed by atoms with Crippen molar-refractivity contribution in [3.8, 4) is 0 Å². The van der Waals surface area contributed by atoms with Gasteiger partial charge >= 0.3 is 0 Å². The van der Waals surface area contributed by atoms with Crippen LogP contribution in [0.5, 0.6) is 0 Å². The summed E-state index contributed by atoms with van der Waals surface area (Å²) in [6.45, 7) is 7.02. The van der Waals surface area contributed by atoms with E-state index in [4.69, 9.17) is 10.8 Å². The molecule has 1 heterocycles. The molecule has 0 aliphatic carbocycles. The van der Waals surface area contributed by atoms with Crippen LogP contribution in [0.2, 0.25) is 0 Å². The Labute approximate surface area is 153 Å².